The molecule has 164 valence electrons. The van der Waals surface area contributed by atoms with E-state index in [0.717, 1.165) is 50.1 Å². The van der Waals surface area contributed by atoms with E-state index >= 15 is 0 Å². The van der Waals surface area contributed by atoms with Crippen LogP contribution in [-0.2, 0) is 11.3 Å². The third-order valence-electron chi connectivity index (χ3n) is 5.08. The Morgan fingerprint density at radius 3 is 2.47 bits per heavy atom. The van der Waals surface area contributed by atoms with Crippen molar-refractivity contribution in [3.63, 3.8) is 0 Å². The molecular weight excluding hydrogens is 491 g/mol. The minimum atomic E-state index is 0. The summed E-state index contributed by atoms with van der Waals surface area (Å²) in [5.41, 5.74) is 2.42. The molecule has 1 atom stereocenters. The number of nitrogens with one attached hydrogen (secondary N) is 2. The molecule has 1 unspecified atom stereocenters. The lowest BCUT2D eigenvalue weighted by molar-refractivity contribution is 0.0170. The van der Waals surface area contributed by atoms with Crippen LogP contribution in [0.5, 0.6) is 5.75 Å². The molecule has 30 heavy (non-hydrogen) atoms. The molecule has 2 N–H and O–H groups in total. The predicted molar refractivity (Wildman–Crippen MR) is 133 cm³/mol. The molecule has 1 heterocycles. The summed E-state index contributed by atoms with van der Waals surface area (Å²) in [6.45, 7) is 7.53. The van der Waals surface area contributed by atoms with Crippen molar-refractivity contribution in [1.82, 2.24) is 15.5 Å². The van der Waals surface area contributed by atoms with Crippen LogP contribution in [0.1, 0.15) is 24.1 Å². The zero-order valence-electron chi connectivity index (χ0n) is 17.8. The SMILES string of the molecule is CCOc1ccccc1CNC(=NC)NCC(c1ccccc1)N1CCOCC1.I. The highest BCUT2D eigenvalue weighted by molar-refractivity contribution is 14.0. The van der Waals surface area contributed by atoms with E-state index in [0.29, 0.717) is 13.2 Å². The first kappa shape index (κ1) is 24.4. The molecular formula is C23H33IN4O2. The maximum atomic E-state index is 5.72. The lowest BCUT2D eigenvalue weighted by Crippen LogP contribution is -2.46. The molecule has 3 rings (SSSR count). The van der Waals surface area contributed by atoms with Gasteiger partial charge in [-0.2, -0.15) is 0 Å². The minimum Gasteiger partial charge on any atom is -0.494 e. The molecule has 0 aromatic heterocycles. The number of hydrogen-bond acceptors (Lipinski definition) is 4. The van der Waals surface area contributed by atoms with Crippen molar-refractivity contribution in [2.45, 2.75) is 19.5 Å². The van der Waals surface area contributed by atoms with Crippen LogP contribution in [0.3, 0.4) is 0 Å². The summed E-state index contributed by atoms with van der Waals surface area (Å²) in [5.74, 6) is 1.69. The van der Waals surface area contributed by atoms with Crippen LogP contribution in [0, 0.1) is 0 Å². The Morgan fingerprint density at radius 1 is 1.07 bits per heavy atom. The topological polar surface area (TPSA) is 58.1 Å². The number of rotatable bonds is 8. The summed E-state index contributed by atoms with van der Waals surface area (Å²) in [5, 5.41) is 6.91. The number of nitrogens with zero attached hydrogens (tertiary/aromatic N) is 2. The number of aliphatic imine (C=N–C) groups is 1. The van der Waals surface area contributed by atoms with Gasteiger partial charge in [0.25, 0.3) is 0 Å². The highest BCUT2D eigenvalue weighted by Gasteiger charge is 2.22. The molecule has 1 aliphatic rings. The van der Waals surface area contributed by atoms with Gasteiger partial charge in [-0.25, -0.2) is 0 Å². The Hall–Kier alpha value is -1.84. The summed E-state index contributed by atoms with van der Waals surface area (Å²) in [6, 6.07) is 19.0. The number of benzene rings is 2. The van der Waals surface area contributed by atoms with Crippen LogP contribution >= 0.6 is 24.0 Å². The zero-order valence-corrected chi connectivity index (χ0v) is 20.2. The molecule has 1 fully saturated rings. The average Bonchev–Trinajstić information content (AvgIpc) is 2.78. The van der Waals surface area contributed by atoms with E-state index in [4.69, 9.17) is 9.47 Å². The molecule has 0 radical (unpaired) electrons. The Labute approximate surface area is 197 Å². The number of morpholine rings is 1. The lowest BCUT2D eigenvalue weighted by atomic mass is 10.0. The van der Waals surface area contributed by atoms with Gasteiger partial charge in [0.2, 0.25) is 0 Å². The third-order valence-corrected chi connectivity index (χ3v) is 5.08. The van der Waals surface area contributed by atoms with E-state index in [-0.39, 0.29) is 30.0 Å². The second-order valence-electron chi connectivity index (χ2n) is 6.92. The molecule has 2 aromatic rings. The molecule has 1 saturated heterocycles. The van der Waals surface area contributed by atoms with E-state index in [1.807, 2.05) is 25.1 Å². The van der Waals surface area contributed by atoms with Crippen molar-refractivity contribution >= 4 is 29.9 Å². The number of hydrogen-bond donors (Lipinski definition) is 2. The van der Waals surface area contributed by atoms with Gasteiger partial charge in [-0.1, -0.05) is 48.5 Å². The fourth-order valence-electron chi connectivity index (χ4n) is 3.56. The van der Waals surface area contributed by atoms with Crippen LogP contribution in [0.2, 0.25) is 0 Å². The molecule has 1 aliphatic heterocycles. The Balaban J connectivity index is 0.00000320. The number of para-hydroxylation sites is 1. The summed E-state index contributed by atoms with van der Waals surface area (Å²) < 4.78 is 11.3. The van der Waals surface area contributed by atoms with Gasteiger partial charge < -0.3 is 20.1 Å². The monoisotopic (exact) mass is 524 g/mol. The maximum Gasteiger partial charge on any atom is 0.191 e. The first-order valence-electron chi connectivity index (χ1n) is 10.3. The van der Waals surface area contributed by atoms with Crippen molar-refractivity contribution < 1.29 is 9.47 Å². The van der Waals surface area contributed by atoms with Gasteiger partial charge >= 0.3 is 0 Å². The van der Waals surface area contributed by atoms with Crippen molar-refractivity contribution in [3.8, 4) is 5.75 Å². The number of ether oxygens (including phenoxy) is 2. The molecule has 7 heteroatoms. The van der Waals surface area contributed by atoms with Gasteiger partial charge in [-0.15, -0.1) is 24.0 Å². The Kier molecular flexibility index (Phi) is 11.0. The summed E-state index contributed by atoms with van der Waals surface area (Å²) >= 11 is 0. The second-order valence-corrected chi connectivity index (χ2v) is 6.92. The van der Waals surface area contributed by atoms with E-state index in [1.54, 1.807) is 7.05 Å². The Morgan fingerprint density at radius 2 is 1.77 bits per heavy atom. The molecule has 0 bridgehead atoms. The maximum absolute atomic E-state index is 5.72. The first-order chi connectivity index (χ1) is 14.3. The highest BCUT2D eigenvalue weighted by atomic mass is 127. The van der Waals surface area contributed by atoms with Crippen molar-refractivity contribution in [1.29, 1.82) is 0 Å². The van der Waals surface area contributed by atoms with Crippen LogP contribution in [0.25, 0.3) is 0 Å². The number of halogens is 1. The molecule has 0 spiro atoms. The fraction of sp³-hybridized carbons (Fsp3) is 0.435. The third kappa shape index (κ3) is 7.14. The zero-order chi connectivity index (χ0) is 20.3. The summed E-state index contributed by atoms with van der Waals surface area (Å²) in [7, 11) is 1.80. The van der Waals surface area contributed by atoms with Crippen LogP contribution < -0.4 is 15.4 Å². The lowest BCUT2D eigenvalue weighted by Gasteiger charge is -2.35. The predicted octanol–water partition coefficient (Wildman–Crippen LogP) is 3.44. The summed E-state index contributed by atoms with van der Waals surface area (Å²) in [6.07, 6.45) is 0. The average molecular weight is 524 g/mol. The largest absolute Gasteiger partial charge is 0.494 e. The molecule has 0 aliphatic carbocycles. The molecule has 0 saturated carbocycles. The minimum absolute atomic E-state index is 0. The van der Waals surface area contributed by atoms with Crippen LogP contribution in [-0.4, -0.2) is 57.4 Å². The van der Waals surface area contributed by atoms with Gasteiger partial charge in [0.05, 0.1) is 25.9 Å². The van der Waals surface area contributed by atoms with Gasteiger partial charge in [0.1, 0.15) is 5.75 Å². The Bertz CT molecular complexity index is 767. The van der Waals surface area contributed by atoms with E-state index in [2.05, 4.69) is 56.9 Å². The molecule has 2 aromatic carbocycles. The van der Waals surface area contributed by atoms with Crippen molar-refractivity contribution in [2.24, 2.45) is 4.99 Å². The van der Waals surface area contributed by atoms with Crippen molar-refractivity contribution in [3.05, 3.63) is 65.7 Å². The van der Waals surface area contributed by atoms with Gasteiger partial charge in [0, 0.05) is 38.8 Å². The first-order valence-corrected chi connectivity index (χ1v) is 10.3. The molecule has 0 amide bonds. The normalized spacial score (nSPS) is 15.7. The molecule has 6 nitrogen and oxygen atoms in total. The second kappa shape index (κ2) is 13.5. The number of guanidine groups is 1. The summed E-state index contributed by atoms with van der Waals surface area (Å²) in [4.78, 5) is 6.88. The van der Waals surface area contributed by atoms with Crippen LogP contribution in [0.4, 0.5) is 0 Å². The fourth-order valence-corrected chi connectivity index (χ4v) is 3.56. The quantitative estimate of drug-likeness (QED) is 0.315. The van der Waals surface area contributed by atoms with Gasteiger partial charge in [-0.3, -0.25) is 9.89 Å². The van der Waals surface area contributed by atoms with E-state index in [1.165, 1.54) is 5.56 Å². The van der Waals surface area contributed by atoms with Gasteiger partial charge in [0.15, 0.2) is 5.96 Å². The standard InChI is InChI=1S/C23H32N4O2.HI/c1-3-29-22-12-8-7-11-20(22)17-25-23(24-2)26-18-21(19-9-5-4-6-10-19)27-13-15-28-16-14-27;/h4-12,21H,3,13-18H2,1-2H3,(H2,24,25,26);1H. The van der Waals surface area contributed by atoms with E-state index in [9.17, 15) is 0 Å². The van der Waals surface area contributed by atoms with E-state index < -0.39 is 0 Å². The van der Waals surface area contributed by atoms with Gasteiger partial charge in [-0.05, 0) is 18.6 Å². The smallest absolute Gasteiger partial charge is 0.191 e. The van der Waals surface area contributed by atoms with Crippen molar-refractivity contribution in [2.75, 3.05) is 46.5 Å². The van der Waals surface area contributed by atoms with Crippen LogP contribution in [0.15, 0.2) is 59.6 Å². The highest BCUT2D eigenvalue weighted by Crippen LogP contribution is 2.21.